The zero-order valence-corrected chi connectivity index (χ0v) is 11.9. The van der Waals surface area contributed by atoms with Gasteiger partial charge >= 0.3 is 0 Å². The maximum atomic E-state index is 5.72. The lowest BCUT2D eigenvalue weighted by Gasteiger charge is -2.16. The third-order valence-corrected chi connectivity index (χ3v) is 4.41. The molecular formula is C11H13BrN2S2. The predicted molar refractivity (Wildman–Crippen MR) is 79.4 cm³/mol. The first-order valence-electron chi connectivity index (χ1n) is 5.10. The Morgan fingerprint density at radius 2 is 2.38 bits per heavy atom. The summed E-state index contributed by atoms with van der Waals surface area (Å²) in [6, 6.07) is 6.54. The van der Waals surface area contributed by atoms with Crippen LogP contribution in [0.25, 0.3) is 0 Å². The Morgan fingerprint density at radius 3 is 3.00 bits per heavy atom. The molecule has 1 aromatic rings. The highest BCUT2D eigenvalue weighted by Crippen LogP contribution is 2.25. The first-order chi connectivity index (χ1) is 7.66. The second kappa shape index (κ2) is 5.38. The number of hydrogen-bond acceptors (Lipinski definition) is 3. The van der Waals surface area contributed by atoms with Gasteiger partial charge in [-0.15, -0.1) is 0 Å². The van der Waals surface area contributed by atoms with Crippen molar-refractivity contribution in [3.05, 3.63) is 28.2 Å². The largest absolute Gasteiger partial charge is 0.389 e. The van der Waals surface area contributed by atoms with Gasteiger partial charge in [0.05, 0.1) is 0 Å². The highest BCUT2D eigenvalue weighted by Gasteiger charge is 2.16. The van der Waals surface area contributed by atoms with Gasteiger partial charge in [-0.1, -0.05) is 28.1 Å². The van der Waals surface area contributed by atoms with Crippen molar-refractivity contribution in [3.8, 4) is 0 Å². The van der Waals surface area contributed by atoms with E-state index in [1.165, 1.54) is 12.2 Å². The van der Waals surface area contributed by atoms with Crippen molar-refractivity contribution in [2.45, 2.75) is 12.5 Å². The summed E-state index contributed by atoms with van der Waals surface area (Å²) >= 11 is 10.5. The molecule has 2 rings (SSSR count). The SMILES string of the molecule is NC(=S)c1cc(Br)ccc1NC1CCSC1. The number of thiocarbonyl (C=S) groups is 1. The number of anilines is 1. The van der Waals surface area contributed by atoms with E-state index in [1.54, 1.807) is 0 Å². The Kier molecular flexibility index (Phi) is 4.10. The number of rotatable bonds is 3. The van der Waals surface area contributed by atoms with Gasteiger partial charge in [-0.3, -0.25) is 0 Å². The molecule has 0 spiro atoms. The van der Waals surface area contributed by atoms with Crippen LogP contribution in [0.15, 0.2) is 22.7 Å². The van der Waals surface area contributed by atoms with Crippen LogP contribution in [0.1, 0.15) is 12.0 Å². The number of thioether (sulfide) groups is 1. The number of benzene rings is 1. The van der Waals surface area contributed by atoms with Crippen LogP contribution in [0.3, 0.4) is 0 Å². The van der Waals surface area contributed by atoms with Gasteiger partial charge in [-0.05, 0) is 30.4 Å². The van der Waals surface area contributed by atoms with Crippen molar-refractivity contribution in [2.24, 2.45) is 5.73 Å². The fourth-order valence-corrected chi connectivity index (χ4v) is 3.40. The zero-order chi connectivity index (χ0) is 11.5. The smallest absolute Gasteiger partial charge is 0.106 e. The molecule has 2 nitrogen and oxygen atoms in total. The van der Waals surface area contributed by atoms with E-state index in [0.717, 1.165) is 21.5 Å². The minimum atomic E-state index is 0.439. The van der Waals surface area contributed by atoms with Crippen molar-refractivity contribution < 1.29 is 0 Å². The molecule has 1 fully saturated rings. The molecule has 0 radical (unpaired) electrons. The summed E-state index contributed by atoms with van der Waals surface area (Å²) in [4.78, 5) is 0.439. The van der Waals surface area contributed by atoms with Crippen LogP contribution in [-0.4, -0.2) is 22.5 Å². The summed E-state index contributed by atoms with van der Waals surface area (Å²) in [5, 5.41) is 3.51. The van der Waals surface area contributed by atoms with Gasteiger partial charge in [-0.25, -0.2) is 0 Å². The van der Waals surface area contributed by atoms with Gasteiger partial charge in [0.15, 0.2) is 0 Å². The second-order valence-corrected chi connectivity index (χ2v) is 6.26. The van der Waals surface area contributed by atoms with Crippen LogP contribution < -0.4 is 11.1 Å². The van der Waals surface area contributed by atoms with E-state index in [0.29, 0.717) is 11.0 Å². The molecule has 0 amide bonds. The average Bonchev–Trinajstić information content (AvgIpc) is 2.73. The Hall–Kier alpha value is -0.260. The number of nitrogens with two attached hydrogens (primary N) is 1. The Morgan fingerprint density at radius 1 is 1.56 bits per heavy atom. The summed E-state index contributed by atoms with van der Waals surface area (Å²) in [5.74, 6) is 2.39. The van der Waals surface area contributed by atoms with Crippen molar-refractivity contribution in [2.75, 3.05) is 16.8 Å². The summed E-state index contributed by atoms with van der Waals surface area (Å²) in [6.45, 7) is 0. The fraction of sp³-hybridized carbons (Fsp3) is 0.364. The third kappa shape index (κ3) is 2.90. The minimum absolute atomic E-state index is 0.439. The van der Waals surface area contributed by atoms with Gasteiger partial charge in [0, 0.05) is 27.5 Å². The zero-order valence-electron chi connectivity index (χ0n) is 8.70. The van der Waals surface area contributed by atoms with Gasteiger partial charge in [0.25, 0.3) is 0 Å². The fourth-order valence-electron chi connectivity index (χ4n) is 1.71. The highest BCUT2D eigenvalue weighted by molar-refractivity contribution is 9.10. The average molecular weight is 317 g/mol. The van der Waals surface area contributed by atoms with E-state index in [9.17, 15) is 0 Å². The monoisotopic (exact) mass is 316 g/mol. The molecule has 0 aromatic heterocycles. The third-order valence-electron chi connectivity index (χ3n) is 2.54. The van der Waals surface area contributed by atoms with Gasteiger partial charge in [-0.2, -0.15) is 11.8 Å². The van der Waals surface area contributed by atoms with Crippen LogP contribution in [0.5, 0.6) is 0 Å². The van der Waals surface area contributed by atoms with Gasteiger partial charge in [0.1, 0.15) is 4.99 Å². The summed E-state index contributed by atoms with van der Waals surface area (Å²) in [6.07, 6.45) is 1.21. The highest BCUT2D eigenvalue weighted by atomic mass is 79.9. The molecular weight excluding hydrogens is 304 g/mol. The second-order valence-electron chi connectivity index (χ2n) is 3.76. The Labute approximate surface area is 113 Å². The molecule has 1 unspecified atom stereocenters. The lowest BCUT2D eigenvalue weighted by Crippen LogP contribution is -2.21. The molecule has 1 saturated heterocycles. The number of halogens is 1. The first kappa shape index (κ1) is 12.2. The van der Waals surface area contributed by atoms with E-state index in [1.807, 2.05) is 30.0 Å². The van der Waals surface area contributed by atoms with E-state index in [2.05, 4.69) is 21.2 Å². The Bertz CT molecular complexity index is 403. The molecule has 3 N–H and O–H groups in total. The van der Waals surface area contributed by atoms with E-state index in [-0.39, 0.29) is 0 Å². The first-order valence-corrected chi connectivity index (χ1v) is 7.46. The van der Waals surface area contributed by atoms with Crippen LogP contribution >= 0.6 is 39.9 Å². The molecule has 5 heteroatoms. The standard InChI is InChI=1S/C11H13BrN2S2/c12-7-1-2-10(9(5-7)11(13)15)14-8-3-4-16-6-8/h1-2,5,8,14H,3-4,6H2,(H2,13,15). The van der Waals surface area contributed by atoms with E-state index in [4.69, 9.17) is 18.0 Å². The molecule has 0 saturated carbocycles. The van der Waals surface area contributed by atoms with Crippen LogP contribution in [-0.2, 0) is 0 Å². The molecule has 0 aliphatic carbocycles. The molecule has 86 valence electrons. The minimum Gasteiger partial charge on any atom is -0.389 e. The normalized spacial score (nSPS) is 19.7. The summed E-state index contributed by atoms with van der Waals surface area (Å²) in [7, 11) is 0. The van der Waals surface area contributed by atoms with Crippen molar-refractivity contribution >= 4 is 50.6 Å². The lowest BCUT2D eigenvalue weighted by molar-refractivity contribution is 0.813. The maximum absolute atomic E-state index is 5.72. The molecule has 1 aliphatic rings. The summed E-state index contributed by atoms with van der Waals surface area (Å²) in [5.41, 5.74) is 7.69. The van der Waals surface area contributed by atoms with Crippen LogP contribution in [0, 0.1) is 0 Å². The van der Waals surface area contributed by atoms with Crippen LogP contribution in [0.4, 0.5) is 5.69 Å². The predicted octanol–water partition coefficient (Wildman–Crippen LogP) is 3.00. The molecule has 16 heavy (non-hydrogen) atoms. The van der Waals surface area contributed by atoms with Crippen molar-refractivity contribution in [3.63, 3.8) is 0 Å². The van der Waals surface area contributed by atoms with Crippen LogP contribution in [0.2, 0.25) is 0 Å². The maximum Gasteiger partial charge on any atom is 0.106 e. The lowest BCUT2D eigenvalue weighted by atomic mass is 10.1. The van der Waals surface area contributed by atoms with Gasteiger partial charge < -0.3 is 11.1 Å². The topological polar surface area (TPSA) is 38.0 Å². The van der Waals surface area contributed by atoms with E-state index >= 15 is 0 Å². The van der Waals surface area contributed by atoms with E-state index < -0.39 is 0 Å². The van der Waals surface area contributed by atoms with Crippen molar-refractivity contribution in [1.29, 1.82) is 0 Å². The summed E-state index contributed by atoms with van der Waals surface area (Å²) < 4.78 is 1.00. The molecule has 1 atom stereocenters. The van der Waals surface area contributed by atoms with Gasteiger partial charge in [0.2, 0.25) is 0 Å². The quantitative estimate of drug-likeness (QED) is 0.841. The Balaban J connectivity index is 2.21. The van der Waals surface area contributed by atoms with Crippen molar-refractivity contribution in [1.82, 2.24) is 0 Å². The number of nitrogens with one attached hydrogen (secondary N) is 1. The molecule has 1 aromatic carbocycles. The molecule has 0 bridgehead atoms. The molecule has 1 aliphatic heterocycles. The molecule has 1 heterocycles. The number of hydrogen-bond donors (Lipinski definition) is 2.